The topological polar surface area (TPSA) is 62.7 Å². The summed E-state index contributed by atoms with van der Waals surface area (Å²) in [5.41, 5.74) is 6.92. The predicted molar refractivity (Wildman–Crippen MR) is 50.7 cm³/mol. The van der Waals surface area contributed by atoms with E-state index >= 15 is 0 Å². The molecule has 3 heteroatoms. The van der Waals surface area contributed by atoms with Crippen LogP contribution in [0.15, 0.2) is 30.9 Å². The van der Waals surface area contributed by atoms with E-state index < -0.39 is 0 Å². The second-order valence-electron chi connectivity index (χ2n) is 2.69. The molecule has 1 rings (SSSR count). The summed E-state index contributed by atoms with van der Waals surface area (Å²) in [6, 6.07) is 7.06. The molecule has 0 amide bonds. The number of hydrogen-bond donors (Lipinski definition) is 1. The molecule has 1 atom stereocenters. The minimum Gasteiger partial charge on any atom is -0.322 e. The zero-order valence-corrected chi connectivity index (χ0v) is 7.27. The fourth-order valence-electron chi connectivity index (χ4n) is 1.02. The lowest BCUT2D eigenvalue weighted by Crippen LogP contribution is -2.11. The number of nitrogens with zero attached hydrogens (tertiary/aromatic N) is 2. The first-order chi connectivity index (χ1) is 6.27. The highest BCUT2D eigenvalue weighted by molar-refractivity contribution is 5.23. The number of hydrogen-bond acceptors (Lipinski definition) is 3. The fraction of sp³-hybridized carbons (Fsp3) is 0.200. The van der Waals surface area contributed by atoms with Crippen LogP contribution in [0.4, 0.5) is 0 Å². The number of aromatic nitrogens is 1. The summed E-state index contributed by atoms with van der Waals surface area (Å²) < 4.78 is 0. The molecule has 2 N–H and O–H groups in total. The zero-order valence-electron chi connectivity index (χ0n) is 7.27. The van der Waals surface area contributed by atoms with Crippen LogP contribution in [0.3, 0.4) is 0 Å². The van der Waals surface area contributed by atoms with Crippen molar-refractivity contribution in [1.29, 1.82) is 5.26 Å². The predicted octanol–water partition coefficient (Wildman–Crippen LogP) is 1.53. The molecule has 1 aromatic heterocycles. The molecule has 0 aliphatic carbocycles. The fourth-order valence-corrected chi connectivity index (χ4v) is 1.02. The third-order valence-corrected chi connectivity index (χ3v) is 1.69. The summed E-state index contributed by atoms with van der Waals surface area (Å²) in [4.78, 5) is 4.08. The van der Waals surface area contributed by atoms with Crippen LogP contribution in [0, 0.1) is 11.3 Å². The van der Waals surface area contributed by atoms with E-state index in [1.165, 1.54) is 0 Å². The summed E-state index contributed by atoms with van der Waals surface area (Å²) in [6.07, 6.45) is 2.41. The van der Waals surface area contributed by atoms with E-state index in [4.69, 9.17) is 11.0 Å². The largest absolute Gasteiger partial charge is 0.322 e. The van der Waals surface area contributed by atoms with Gasteiger partial charge in [-0.25, -0.2) is 4.98 Å². The third kappa shape index (κ3) is 2.39. The van der Waals surface area contributed by atoms with Crippen molar-refractivity contribution in [1.82, 2.24) is 4.98 Å². The molecular formula is C10H11N3. The Morgan fingerprint density at radius 2 is 2.46 bits per heavy atom. The van der Waals surface area contributed by atoms with E-state index in [0.717, 1.165) is 5.69 Å². The molecule has 0 saturated heterocycles. The quantitative estimate of drug-likeness (QED) is 0.705. The number of nitriles is 1. The summed E-state index contributed by atoms with van der Waals surface area (Å²) in [6.45, 7) is 3.60. The van der Waals surface area contributed by atoms with E-state index in [1.54, 1.807) is 18.2 Å². The van der Waals surface area contributed by atoms with Gasteiger partial charge in [-0.3, -0.25) is 0 Å². The average Bonchev–Trinajstić information content (AvgIpc) is 2.18. The van der Waals surface area contributed by atoms with Gasteiger partial charge in [0, 0.05) is 0 Å². The molecule has 1 heterocycles. The first-order valence-electron chi connectivity index (χ1n) is 4.01. The van der Waals surface area contributed by atoms with Gasteiger partial charge in [-0.2, -0.15) is 5.26 Å². The second kappa shape index (κ2) is 4.39. The lowest BCUT2D eigenvalue weighted by Gasteiger charge is -2.07. The van der Waals surface area contributed by atoms with Gasteiger partial charge < -0.3 is 5.73 Å². The van der Waals surface area contributed by atoms with E-state index in [9.17, 15) is 0 Å². The minimum atomic E-state index is -0.161. The van der Waals surface area contributed by atoms with Crippen molar-refractivity contribution in [3.05, 3.63) is 42.2 Å². The Balaban J connectivity index is 2.89. The Morgan fingerprint density at radius 1 is 1.69 bits per heavy atom. The highest BCUT2D eigenvalue weighted by atomic mass is 14.8. The van der Waals surface area contributed by atoms with Gasteiger partial charge in [0.25, 0.3) is 0 Å². The van der Waals surface area contributed by atoms with E-state index in [0.29, 0.717) is 12.1 Å². The molecule has 0 radical (unpaired) electrons. The number of rotatable bonds is 3. The average molecular weight is 173 g/mol. The van der Waals surface area contributed by atoms with Gasteiger partial charge >= 0.3 is 0 Å². The molecule has 0 aliphatic rings. The maximum atomic E-state index is 8.60. The van der Waals surface area contributed by atoms with Gasteiger partial charge in [0.15, 0.2) is 0 Å². The maximum absolute atomic E-state index is 8.60. The summed E-state index contributed by atoms with van der Waals surface area (Å²) in [5.74, 6) is 0. The molecule has 0 saturated carbocycles. The van der Waals surface area contributed by atoms with Crippen LogP contribution in [-0.2, 0) is 0 Å². The van der Waals surface area contributed by atoms with Crippen LogP contribution < -0.4 is 5.73 Å². The van der Waals surface area contributed by atoms with Gasteiger partial charge in [0.2, 0.25) is 0 Å². The molecule has 0 aliphatic heterocycles. The van der Waals surface area contributed by atoms with Crippen molar-refractivity contribution in [3.63, 3.8) is 0 Å². The van der Waals surface area contributed by atoms with Gasteiger partial charge in [0.05, 0.1) is 11.7 Å². The van der Waals surface area contributed by atoms with Crippen LogP contribution >= 0.6 is 0 Å². The van der Waals surface area contributed by atoms with Crippen LogP contribution in [0.1, 0.15) is 23.9 Å². The van der Waals surface area contributed by atoms with Crippen LogP contribution in [-0.4, -0.2) is 4.98 Å². The Hall–Kier alpha value is -1.66. The van der Waals surface area contributed by atoms with Crippen molar-refractivity contribution < 1.29 is 0 Å². The van der Waals surface area contributed by atoms with Crippen LogP contribution in [0.2, 0.25) is 0 Å². The summed E-state index contributed by atoms with van der Waals surface area (Å²) in [5, 5.41) is 8.60. The van der Waals surface area contributed by atoms with Gasteiger partial charge in [-0.15, -0.1) is 6.58 Å². The molecule has 0 fully saturated rings. The Labute approximate surface area is 77.5 Å². The molecule has 66 valence electrons. The zero-order chi connectivity index (χ0) is 9.68. The maximum Gasteiger partial charge on any atom is 0.140 e. The smallest absolute Gasteiger partial charge is 0.140 e. The Bertz CT molecular complexity index is 338. The van der Waals surface area contributed by atoms with Crippen molar-refractivity contribution >= 4 is 0 Å². The summed E-state index contributed by atoms with van der Waals surface area (Å²) >= 11 is 0. The van der Waals surface area contributed by atoms with Crippen LogP contribution in [0.5, 0.6) is 0 Å². The van der Waals surface area contributed by atoms with E-state index in [-0.39, 0.29) is 6.04 Å². The molecule has 1 aromatic rings. The Morgan fingerprint density at radius 3 is 3.08 bits per heavy atom. The lowest BCUT2D eigenvalue weighted by molar-refractivity contribution is 0.712. The summed E-state index contributed by atoms with van der Waals surface area (Å²) in [7, 11) is 0. The minimum absolute atomic E-state index is 0.161. The first kappa shape index (κ1) is 9.43. The Kier molecular flexibility index (Phi) is 3.18. The molecule has 0 aromatic carbocycles. The molecule has 13 heavy (non-hydrogen) atoms. The van der Waals surface area contributed by atoms with Crippen molar-refractivity contribution in [2.24, 2.45) is 5.73 Å². The van der Waals surface area contributed by atoms with Crippen LogP contribution in [0.25, 0.3) is 0 Å². The molecule has 3 nitrogen and oxygen atoms in total. The highest BCUT2D eigenvalue weighted by Gasteiger charge is 2.05. The van der Waals surface area contributed by atoms with Gasteiger partial charge in [0.1, 0.15) is 11.8 Å². The van der Waals surface area contributed by atoms with Gasteiger partial charge in [-0.05, 0) is 18.6 Å². The van der Waals surface area contributed by atoms with E-state index in [2.05, 4.69) is 11.6 Å². The van der Waals surface area contributed by atoms with Crippen molar-refractivity contribution in [2.75, 3.05) is 0 Å². The number of pyridine rings is 1. The van der Waals surface area contributed by atoms with E-state index in [1.807, 2.05) is 12.1 Å². The second-order valence-corrected chi connectivity index (χ2v) is 2.69. The third-order valence-electron chi connectivity index (χ3n) is 1.69. The SMILES string of the molecule is C=CCC(N)c1cccc(C#N)n1. The normalized spacial score (nSPS) is 11.7. The van der Waals surface area contributed by atoms with Gasteiger partial charge in [-0.1, -0.05) is 12.1 Å². The standard InChI is InChI=1S/C10H11N3/c1-2-4-9(12)10-6-3-5-8(7-11)13-10/h2-3,5-6,9H,1,4,12H2. The monoisotopic (exact) mass is 173 g/mol. The molecule has 1 unspecified atom stereocenters. The highest BCUT2D eigenvalue weighted by Crippen LogP contribution is 2.11. The molecule has 0 bridgehead atoms. The lowest BCUT2D eigenvalue weighted by atomic mass is 10.1. The first-order valence-corrected chi connectivity index (χ1v) is 4.01. The molecule has 0 spiro atoms. The number of nitrogens with two attached hydrogens (primary N) is 1. The molecular weight excluding hydrogens is 162 g/mol. The van der Waals surface area contributed by atoms with Crippen molar-refractivity contribution in [3.8, 4) is 6.07 Å². The van der Waals surface area contributed by atoms with Crippen molar-refractivity contribution in [2.45, 2.75) is 12.5 Å².